The summed E-state index contributed by atoms with van der Waals surface area (Å²) in [6.07, 6.45) is 44.1. The molecule has 10 fully saturated rings. The summed E-state index contributed by atoms with van der Waals surface area (Å²) in [7, 11) is -2.97. The Morgan fingerprint density at radius 2 is 0.578 bits per heavy atom. The van der Waals surface area contributed by atoms with E-state index in [0.29, 0.717) is 15.8 Å². The van der Waals surface area contributed by atoms with Gasteiger partial charge in [0.05, 0.1) is 0 Å². The van der Waals surface area contributed by atoms with Gasteiger partial charge >= 0.3 is 274 Å². The van der Waals surface area contributed by atoms with E-state index in [1.54, 1.807) is 138 Å². The van der Waals surface area contributed by atoms with Crippen molar-refractivity contribution in [2.75, 3.05) is 24.6 Å². The van der Waals surface area contributed by atoms with Crippen LogP contribution in [0.4, 0.5) is 0 Å². The molecule has 10 aliphatic rings. The molecule has 0 nitrogen and oxygen atoms in total. The molecule has 0 amide bonds. The summed E-state index contributed by atoms with van der Waals surface area (Å²) in [5.74, 6) is 0. The van der Waals surface area contributed by atoms with Crippen molar-refractivity contribution in [2.24, 2.45) is 0 Å². The maximum atomic E-state index is 2.40. The van der Waals surface area contributed by atoms with Crippen LogP contribution in [-0.2, 0) is 7.72 Å². The molecule has 0 aromatic carbocycles. The molecule has 3 heteroatoms. The Morgan fingerprint density at radius 1 is 0.333 bits per heavy atom. The van der Waals surface area contributed by atoms with Gasteiger partial charge < -0.3 is 0 Å². The van der Waals surface area contributed by atoms with Gasteiger partial charge in [-0.1, -0.05) is 0 Å². The average molecular weight is 744 g/mol. The molecule has 1 spiro atoms. The quantitative estimate of drug-likeness (QED) is 0.0390. The van der Waals surface area contributed by atoms with Gasteiger partial charge in [-0.05, 0) is 0 Å². The van der Waals surface area contributed by atoms with Crippen LogP contribution in [0.2, 0.25) is 36.1 Å². The maximum absolute atomic E-state index is 3.70. The van der Waals surface area contributed by atoms with Gasteiger partial charge in [-0.2, -0.15) is 0 Å². The van der Waals surface area contributed by atoms with E-state index in [-0.39, 0.29) is 0 Å². The summed E-state index contributed by atoms with van der Waals surface area (Å²) in [5, 5.41) is 0. The van der Waals surface area contributed by atoms with Crippen LogP contribution in [0.5, 0.6) is 0 Å². The fourth-order valence-electron chi connectivity index (χ4n) is 23.3. The minimum absolute atomic E-state index is 0.363. The molecule has 10 rings (SSSR count). The van der Waals surface area contributed by atoms with Gasteiger partial charge in [0.25, 0.3) is 0 Å². The van der Waals surface area contributed by atoms with E-state index < -0.39 is 7.72 Å². The van der Waals surface area contributed by atoms with E-state index in [1.807, 2.05) is 0 Å². The van der Waals surface area contributed by atoms with Crippen LogP contribution in [0.15, 0.2) is 0 Å². The van der Waals surface area contributed by atoms with Crippen molar-refractivity contribution in [3.05, 3.63) is 0 Å². The van der Waals surface area contributed by atoms with Crippen LogP contribution in [0, 0.1) is 0 Å². The standard InChI is InChI=1S/C37H71P2.C5H5.Ru/c1-5-9-13-17-21-25-32-38(33-26-22-18-14-10-6-2)36-30-29-31-37(36)39(34-27-23-19-15-11-7-3)35-28-24-20-16-12-8-4;1-2-4-5-3-1;/h29-31H,5-28,32-35H2,1-4H3;1-5H;. The van der Waals surface area contributed by atoms with Gasteiger partial charge in [0.15, 0.2) is 0 Å². The first-order chi connectivity index (χ1) is 22.0. The minimum atomic E-state index is -3.70. The SMILES string of the molecule is CCCCCCCCP(CCCCCCCC)[C]12[CH]3[CH]4[CH]5[C]1(P(CCCCCCCC)CCCCCCCC)[Ru]43521678[CH]2[CH]1[CH]6[CH]7[CH]28. The van der Waals surface area contributed by atoms with Crippen LogP contribution in [0.3, 0.4) is 0 Å². The zero-order valence-electron chi connectivity index (χ0n) is 30.7. The summed E-state index contributed by atoms with van der Waals surface area (Å²) in [6.45, 7) is 9.60. The molecule has 10 saturated heterocycles. The van der Waals surface area contributed by atoms with E-state index in [0.717, 1.165) is 0 Å². The Labute approximate surface area is 272 Å². The molecule has 0 aromatic rings. The molecule has 262 valence electrons. The van der Waals surface area contributed by atoms with E-state index in [4.69, 9.17) is 0 Å². The molecule has 0 bridgehead atoms. The van der Waals surface area contributed by atoms with Crippen molar-refractivity contribution < 1.29 is 7.72 Å². The number of unbranched alkanes of at least 4 members (excludes halogenated alkanes) is 20. The monoisotopic (exact) mass is 744 g/mol. The van der Waals surface area contributed by atoms with Gasteiger partial charge in [0.1, 0.15) is 0 Å². The van der Waals surface area contributed by atoms with Crippen LogP contribution < -0.4 is 0 Å². The van der Waals surface area contributed by atoms with E-state index in [2.05, 4.69) is 27.7 Å². The van der Waals surface area contributed by atoms with E-state index in [9.17, 15) is 0 Å². The molecular formula is C42H76P2Ru. The predicted molar refractivity (Wildman–Crippen MR) is 202 cm³/mol. The van der Waals surface area contributed by atoms with Gasteiger partial charge in [0.2, 0.25) is 0 Å². The Balaban J connectivity index is 0.919. The zero-order valence-corrected chi connectivity index (χ0v) is 34.2. The number of rotatable bonds is 30. The summed E-state index contributed by atoms with van der Waals surface area (Å²) >= 11 is 0. The average Bonchev–Trinajstić information content (AvgIpc) is 4.00. The van der Waals surface area contributed by atoms with E-state index >= 15 is 0 Å². The van der Waals surface area contributed by atoms with Gasteiger partial charge in [-0.25, -0.2) is 0 Å². The van der Waals surface area contributed by atoms with Crippen molar-refractivity contribution in [3.63, 3.8) is 0 Å². The number of fused-ring (bicyclic) bond motifs is 10. The topological polar surface area (TPSA) is 0 Å². The number of hydrogen-bond donors (Lipinski definition) is 0. The van der Waals surface area contributed by atoms with Crippen molar-refractivity contribution in [3.8, 4) is 0 Å². The third-order valence-corrected chi connectivity index (χ3v) is 110. The van der Waals surface area contributed by atoms with Crippen LogP contribution in [0.25, 0.3) is 0 Å². The first-order valence-electron chi connectivity index (χ1n) is 21.7. The summed E-state index contributed by atoms with van der Waals surface area (Å²) in [6, 6.07) is 0. The summed E-state index contributed by atoms with van der Waals surface area (Å²) in [4.78, 5) is 0. The van der Waals surface area contributed by atoms with Crippen molar-refractivity contribution in [1.82, 2.24) is 0 Å². The van der Waals surface area contributed by atoms with Crippen molar-refractivity contribution in [2.45, 2.75) is 225 Å². The van der Waals surface area contributed by atoms with E-state index in [1.165, 1.54) is 84.6 Å². The summed E-state index contributed by atoms with van der Waals surface area (Å²) in [5.41, 5.74) is 0. The van der Waals surface area contributed by atoms with Crippen LogP contribution in [-0.4, -0.2) is 32.1 Å². The third-order valence-electron chi connectivity index (χ3n) is 22.7. The normalized spacial score (nSPS) is 54.4. The second-order valence-electron chi connectivity index (χ2n) is 20.7. The van der Waals surface area contributed by atoms with Gasteiger partial charge in [-0.3, -0.25) is 0 Å². The van der Waals surface area contributed by atoms with Gasteiger partial charge in [0, 0.05) is 0 Å². The molecule has 0 saturated carbocycles. The second-order valence-corrected chi connectivity index (χ2v) is 63.9. The van der Waals surface area contributed by atoms with Crippen molar-refractivity contribution in [1.29, 1.82) is 0 Å². The van der Waals surface area contributed by atoms with Crippen LogP contribution in [0.1, 0.15) is 182 Å². The Bertz CT molecular complexity index is 1310. The molecule has 45 heavy (non-hydrogen) atoms. The molecule has 0 radical (unpaired) electrons. The molecule has 0 aliphatic carbocycles. The fraction of sp³-hybridized carbons (Fsp3) is 1.00. The zero-order chi connectivity index (χ0) is 30.9. The molecule has 10 aliphatic heterocycles. The molecule has 10 heterocycles. The summed E-state index contributed by atoms with van der Waals surface area (Å²) < 4.78 is 14.9. The Kier molecular flexibility index (Phi) is 4.60. The molecule has 4 atom stereocenters. The molecule has 0 aromatic heterocycles. The first-order valence-corrected chi connectivity index (χ1v) is 34.9. The third kappa shape index (κ3) is 1.16. The predicted octanol–water partition coefficient (Wildman–Crippen LogP) is 15.6. The Morgan fingerprint density at radius 3 is 0.800 bits per heavy atom. The van der Waals surface area contributed by atoms with Gasteiger partial charge in [-0.15, -0.1) is 0 Å². The first kappa shape index (κ1) is 31.2. The second kappa shape index (κ2) is 6.63. The Hall–Kier alpha value is 1.48. The molecule has 4 unspecified atom stereocenters. The molecular weight excluding hydrogens is 667 g/mol. The number of hydrogen-bond acceptors (Lipinski definition) is 0. The molecule has 0 N–H and O–H groups in total. The fourth-order valence-corrected chi connectivity index (χ4v) is 205. The van der Waals surface area contributed by atoms with Crippen LogP contribution >= 0.6 is 15.8 Å². The van der Waals surface area contributed by atoms with Crippen molar-refractivity contribution >= 4 is 15.8 Å².